The molecule has 3 N–H and O–H groups in total. The molecular weight excluding hydrogens is 244 g/mol. The third-order valence-corrected chi connectivity index (χ3v) is 2.66. The van der Waals surface area contributed by atoms with Gasteiger partial charge in [0.1, 0.15) is 6.10 Å². The molecule has 0 radical (unpaired) electrons. The van der Waals surface area contributed by atoms with Gasteiger partial charge in [-0.1, -0.05) is 44.2 Å². The van der Waals surface area contributed by atoms with Gasteiger partial charge in [-0.05, 0) is 11.5 Å². The third-order valence-electron chi connectivity index (χ3n) is 2.66. The quantitative estimate of drug-likeness (QED) is 0.697. The topological polar surface area (TPSA) is 78.4 Å². The average Bonchev–Trinajstić information content (AvgIpc) is 2.42. The van der Waals surface area contributed by atoms with Gasteiger partial charge in [0, 0.05) is 6.54 Å². The molecule has 2 amide bonds. The van der Waals surface area contributed by atoms with E-state index in [1.165, 1.54) is 0 Å². The molecule has 0 saturated heterocycles. The zero-order chi connectivity index (χ0) is 14.3. The largest absolute Gasteiger partial charge is 0.383 e. The minimum atomic E-state index is -1.08. The molecule has 0 aliphatic carbocycles. The van der Waals surface area contributed by atoms with Gasteiger partial charge in [-0.25, -0.2) is 0 Å². The lowest BCUT2D eigenvalue weighted by atomic mass is 10.1. The van der Waals surface area contributed by atoms with E-state index in [0.717, 1.165) is 5.56 Å². The SMILES string of the molecule is CC(C)[C@H](O)C(=O)NCC(=O)NCc1ccccc1. The van der Waals surface area contributed by atoms with E-state index in [1.54, 1.807) is 13.8 Å². The van der Waals surface area contributed by atoms with E-state index in [0.29, 0.717) is 6.54 Å². The summed E-state index contributed by atoms with van der Waals surface area (Å²) in [6.07, 6.45) is -1.08. The average molecular weight is 264 g/mol. The maximum absolute atomic E-state index is 11.5. The minimum Gasteiger partial charge on any atom is -0.383 e. The van der Waals surface area contributed by atoms with Crippen LogP contribution in [-0.2, 0) is 16.1 Å². The van der Waals surface area contributed by atoms with Crippen LogP contribution in [0.2, 0.25) is 0 Å². The van der Waals surface area contributed by atoms with Gasteiger partial charge in [-0.2, -0.15) is 0 Å². The molecule has 1 atom stereocenters. The molecular formula is C14H20N2O3. The molecule has 1 aromatic carbocycles. The van der Waals surface area contributed by atoms with Gasteiger partial charge in [0.2, 0.25) is 11.8 Å². The summed E-state index contributed by atoms with van der Waals surface area (Å²) in [7, 11) is 0. The lowest BCUT2D eigenvalue weighted by molar-refractivity contribution is -0.133. The van der Waals surface area contributed by atoms with E-state index >= 15 is 0 Å². The Labute approximate surface area is 113 Å². The number of carbonyl (C=O) groups excluding carboxylic acids is 2. The molecule has 1 rings (SSSR count). The van der Waals surface area contributed by atoms with Gasteiger partial charge < -0.3 is 15.7 Å². The number of nitrogens with one attached hydrogen (secondary N) is 2. The molecule has 19 heavy (non-hydrogen) atoms. The standard InChI is InChI=1S/C14H20N2O3/c1-10(2)13(18)14(19)16-9-12(17)15-8-11-6-4-3-5-7-11/h3-7,10,13,18H,8-9H2,1-2H3,(H,15,17)(H,16,19)/t13-/m0/s1. The normalized spacial score (nSPS) is 12.0. The highest BCUT2D eigenvalue weighted by atomic mass is 16.3. The van der Waals surface area contributed by atoms with E-state index in [4.69, 9.17) is 0 Å². The Balaban J connectivity index is 2.27. The van der Waals surface area contributed by atoms with Crippen molar-refractivity contribution in [2.75, 3.05) is 6.54 Å². The van der Waals surface area contributed by atoms with Crippen LogP contribution in [0.3, 0.4) is 0 Å². The molecule has 0 aliphatic rings. The van der Waals surface area contributed by atoms with Crippen molar-refractivity contribution >= 4 is 11.8 Å². The first-order valence-electron chi connectivity index (χ1n) is 6.27. The van der Waals surface area contributed by atoms with E-state index < -0.39 is 12.0 Å². The molecule has 5 heteroatoms. The van der Waals surface area contributed by atoms with Crippen LogP contribution in [0.5, 0.6) is 0 Å². The second-order valence-corrected chi connectivity index (χ2v) is 4.67. The Kier molecular flexibility index (Phi) is 6.02. The van der Waals surface area contributed by atoms with Gasteiger partial charge >= 0.3 is 0 Å². The number of hydrogen-bond donors (Lipinski definition) is 3. The van der Waals surface area contributed by atoms with Gasteiger partial charge in [-0.15, -0.1) is 0 Å². The molecule has 0 bridgehead atoms. The Morgan fingerprint density at radius 2 is 1.79 bits per heavy atom. The first-order chi connectivity index (χ1) is 9.00. The Bertz CT molecular complexity index is 418. The van der Waals surface area contributed by atoms with E-state index in [9.17, 15) is 14.7 Å². The van der Waals surface area contributed by atoms with Crippen LogP contribution in [0.4, 0.5) is 0 Å². The number of carbonyl (C=O) groups is 2. The van der Waals surface area contributed by atoms with Crippen molar-refractivity contribution < 1.29 is 14.7 Å². The predicted molar refractivity (Wildman–Crippen MR) is 72.1 cm³/mol. The number of hydrogen-bond acceptors (Lipinski definition) is 3. The first-order valence-corrected chi connectivity index (χ1v) is 6.27. The Hall–Kier alpha value is -1.88. The highest BCUT2D eigenvalue weighted by Gasteiger charge is 2.18. The number of aliphatic hydroxyl groups excluding tert-OH is 1. The lowest BCUT2D eigenvalue weighted by Gasteiger charge is -2.14. The molecule has 5 nitrogen and oxygen atoms in total. The maximum Gasteiger partial charge on any atom is 0.249 e. The summed E-state index contributed by atoms with van der Waals surface area (Å²) < 4.78 is 0. The summed E-state index contributed by atoms with van der Waals surface area (Å²) in [4.78, 5) is 22.9. The highest BCUT2D eigenvalue weighted by molar-refractivity contribution is 5.86. The Morgan fingerprint density at radius 3 is 2.37 bits per heavy atom. The molecule has 0 spiro atoms. The van der Waals surface area contributed by atoms with Crippen molar-refractivity contribution in [2.45, 2.75) is 26.5 Å². The fourth-order valence-corrected chi connectivity index (χ4v) is 1.43. The van der Waals surface area contributed by atoms with Crippen LogP contribution in [0.15, 0.2) is 30.3 Å². The molecule has 104 valence electrons. The van der Waals surface area contributed by atoms with Gasteiger partial charge in [0.05, 0.1) is 6.54 Å². The molecule has 0 aromatic heterocycles. The van der Waals surface area contributed by atoms with Crippen molar-refractivity contribution in [2.24, 2.45) is 5.92 Å². The fourth-order valence-electron chi connectivity index (χ4n) is 1.43. The smallest absolute Gasteiger partial charge is 0.249 e. The second-order valence-electron chi connectivity index (χ2n) is 4.67. The fraction of sp³-hybridized carbons (Fsp3) is 0.429. The monoisotopic (exact) mass is 264 g/mol. The van der Waals surface area contributed by atoms with Crippen LogP contribution in [0.25, 0.3) is 0 Å². The van der Waals surface area contributed by atoms with Crippen LogP contribution in [0, 0.1) is 5.92 Å². The van der Waals surface area contributed by atoms with E-state index in [-0.39, 0.29) is 18.4 Å². The highest BCUT2D eigenvalue weighted by Crippen LogP contribution is 2.00. The predicted octanol–water partition coefficient (Wildman–Crippen LogP) is 0.436. The zero-order valence-electron chi connectivity index (χ0n) is 11.2. The third kappa shape index (κ3) is 5.52. The number of aliphatic hydroxyl groups is 1. The molecule has 0 saturated carbocycles. The first kappa shape index (κ1) is 15.2. The van der Waals surface area contributed by atoms with Crippen LogP contribution < -0.4 is 10.6 Å². The number of rotatable bonds is 6. The number of amides is 2. The van der Waals surface area contributed by atoms with Gasteiger partial charge in [-0.3, -0.25) is 9.59 Å². The van der Waals surface area contributed by atoms with Crippen molar-refractivity contribution in [3.8, 4) is 0 Å². The van der Waals surface area contributed by atoms with Crippen LogP contribution >= 0.6 is 0 Å². The summed E-state index contributed by atoms with van der Waals surface area (Å²) in [6, 6.07) is 9.49. The Morgan fingerprint density at radius 1 is 1.16 bits per heavy atom. The molecule has 0 fully saturated rings. The molecule has 0 unspecified atom stereocenters. The van der Waals surface area contributed by atoms with Crippen LogP contribution in [-0.4, -0.2) is 29.6 Å². The molecule has 0 heterocycles. The summed E-state index contributed by atoms with van der Waals surface area (Å²) >= 11 is 0. The van der Waals surface area contributed by atoms with Gasteiger partial charge in [0.25, 0.3) is 0 Å². The van der Waals surface area contributed by atoms with Crippen molar-refractivity contribution in [1.29, 1.82) is 0 Å². The van der Waals surface area contributed by atoms with E-state index in [2.05, 4.69) is 10.6 Å². The lowest BCUT2D eigenvalue weighted by Crippen LogP contribution is -2.43. The molecule has 0 aliphatic heterocycles. The number of benzene rings is 1. The summed E-state index contributed by atoms with van der Waals surface area (Å²) in [5, 5.41) is 14.6. The van der Waals surface area contributed by atoms with Crippen molar-refractivity contribution in [3.05, 3.63) is 35.9 Å². The second kappa shape index (κ2) is 7.53. The summed E-state index contributed by atoms with van der Waals surface area (Å²) in [5.41, 5.74) is 0.990. The van der Waals surface area contributed by atoms with Gasteiger partial charge in [0.15, 0.2) is 0 Å². The summed E-state index contributed by atoms with van der Waals surface area (Å²) in [6.45, 7) is 3.76. The van der Waals surface area contributed by atoms with Crippen molar-refractivity contribution in [1.82, 2.24) is 10.6 Å². The molecule has 1 aromatic rings. The summed E-state index contributed by atoms with van der Waals surface area (Å²) in [5.74, 6) is -0.981. The van der Waals surface area contributed by atoms with Crippen LogP contribution in [0.1, 0.15) is 19.4 Å². The van der Waals surface area contributed by atoms with E-state index in [1.807, 2.05) is 30.3 Å². The zero-order valence-corrected chi connectivity index (χ0v) is 11.2. The van der Waals surface area contributed by atoms with Crippen molar-refractivity contribution in [3.63, 3.8) is 0 Å². The maximum atomic E-state index is 11.5. The minimum absolute atomic E-state index is 0.130.